The predicted molar refractivity (Wildman–Crippen MR) is 87.5 cm³/mol. The number of hydrogen-bond donors (Lipinski definition) is 0. The van der Waals surface area contributed by atoms with Gasteiger partial charge in [0.2, 0.25) is 0 Å². The van der Waals surface area contributed by atoms with E-state index < -0.39 is 0 Å². The van der Waals surface area contributed by atoms with Gasteiger partial charge in [-0.15, -0.1) is 0 Å². The molecule has 0 N–H and O–H groups in total. The van der Waals surface area contributed by atoms with Gasteiger partial charge in [-0.1, -0.05) is 72.3 Å². The van der Waals surface area contributed by atoms with Gasteiger partial charge in [0.25, 0.3) is 0 Å². The molecule has 1 heteroatoms. The molecule has 3 aromatic rings. The van der Waals surface area contributed by atoms with Crippen LogP contribution in [0, 0.1) is 6.92 Å². The maximum atomic E-state index is 12.2. The molecule has 1 nitrogen and oxygen atoms in total. The molecule has 0 atom stereocenters. The summed E-state index contributed by atoms with van der Waals surface area (Å²) in [6.45, 7) is 2.05. The number of Topliss-reactive ketones (excluding diaryl/α,β-unsaturated/α-hetero) is 1. The highest BCUT2D eigenvalue weighted by molar-refractivity contribution is 5.87. The van der Waals surface area contributed by atoms with E-state index in [1.807, 2.05) is 24.3 Å². The molecule has 0 bridgehead atoms. The monoisotopic (exact) mass is 274 g/mol. The van der Waals surface area contributed by atoms with Crippen LogP contribution >= 0.6 is 0 Å². The smallest absolute Gasteiger partial charge is 0.141 e. The molecule has 0 saturated heterocycles. The van der Waals surface area contributed by atoms with Crippen molar-refractivity contribution >= 4 is 16.6 Å². The average molecular weight is 274 g/mol. The number of carbonyl (C=O) groups is 1. The second-order valence-electron chi connectivity index (χ2n) is 5.56. The molecule has 0 spiro atoms. The van der Waals surface area contributed by atoms with Gasteiger partial charge < -0.3 is 0 Å². The fourth-order valence-corrected chi connectivity index (χ4v) is 2.69. The van der Waals surface area contributed by atoms with Crippen LogP contribution in [0.15, 0.2) is 66.7 Å². The highest BCUT2D eigenvalue weighted by Gasteiger charge is 2.06. The molecular formula is C20H18O. The van der Waals surface area contributed by atoms with Gasteiger partial charge in [0.15, 0.2) is 0 Å². The largest absolute Gasteiger partial charge is 0.299 e. The molecule has 0 saturated carbocycles. The van der Waals surface area contributed by atoms with Crippen molar-refractivity contribution < 1.29 is 4.79 Å². The van der Waals surface area contributed by atoms with E-state index >= 15 is 0 Å². The van der Waals surface area contributed by atoms with E-state index in [0.717, 1.165) is 11.1 Å². The summed E-state index contributed by atoms with van der Waals surface area (Å²) < 4.78 is 0. The Morgan fingerprint density at radius 3 is 2.24 bits per heavy atom. The number of aryl methyl sites for hydroxylation is 1. The van der Waals surface area contributed by atoms with E-state index in [-0.39, 0.29) is 5.78 Å². The molecule has 0 heterocycles. The van der Waals surface area contributed by atoms with Crippen LogP contribution < -0.4 is 0 Å². The molecule has 0 aromatic heterocycles. The fourth-order valence-electron chi connectivity index (χ4n) is 2.69. The van der Waals surface area contributed by atoms with Gasteiger partial charge in [0.1, 0.15) is 5.78 Å². The van der Waals surface area contributed by atoms with E-state index in [2.05, 4.69) is 49.4 Å². The predicted octanol–water partition coefficient (Wildman–Crippen LogP) is 4.50. The third-order valence-electron chi connectivity index (χ3n) is 3.70. The highest BCUT2D eigenvalue weighted by atomic mass is 16.1. The van der Waals surface area contributed by atoms with E-state index in [0.29, 0.717) is 12.8 Å². The van der Waals surface area contributed by atoms with Crippen LogP contribution in [0.3, 0.4) is 0 Å². The highest BCUT2D eigenvalue weighted by Crippen LogP contribution is 2.16. The van der Waals surface area contributed by atoms with Crippen molar-refractivity contribution in [1.82, 2.24) is 0 Å². The summed E-state index contributed by atoms with van der Waals surface area (Å²) >= 11 is 0. The maximum absolute atomic E-state index is 12.2. The quantitative estimate of drug-likeness (QED) is 0.684. The lowest BCUT2D eigenvalue weighted by molar-refractivity contribution is -0.117. The standard InChI is InChI=1S/C20H18O/c1-15-5-4-6-16(11-15)13-20(21)14-17-9-10-18-7-2-3-8-19(18)12-17/h2-12H,13-14H2,1H3. The summed E-state index contributed by atoms with van der Waals surface area (Å²) in [5.41, 5.74) is 3.39. The minimum absolute atomic E-state index is 0.260. The van der Waals surface area contributed by atoms with E-state index in [9.17, 15) is 4.79 Å². The third-order valence-corrected chi connectivity index (χ3v) is 3.70. The Kier molecular flexibility index (Phi) is 3.83. The van der Waals surface area contributed by atoms with E-state index in [1.54, 1.807) is 0 Å². The zero-order valence-corrected chi connectivity index (χ0v) is 12.2. The number of carbonyl (C=O) groups excluding carboxylic acids is 1. The lowest BCUT2D eigenvalue weighted by atomic mass is 9.99. The Morgan fingerprint density at radius 1 is 0.762 bits per heavy atom. The average Bonchev–Trinajstić information content (AvgIpc) is 2.47. The van der Waals surface area contributed by atoms with Crippen LogP contribution in [0.4, 0.5) is 0 Å². The molecule has 0 radical (unpaired) electrons. The Labute approximate surface area is 125 Å². The summed E-state index contributed by atoms with van der Waals surface area (Å²) in [6, 6.07) is 22.7. The van der Waals surface area contributed by atoms with E-state index in [4.69, 9.17) is 0 Å². The van der Waals surface area contributed by atoms with Crippen molar-refractivity contribution in [3.8, 4) is 0 Å². The van der Waals surface area contributed by atoms with Gasteiger partial charge in [-0.25, -0.2) is 0 Å². The minimum Gasteiger partial charge on any atom is -0.299 e. The lowest BCUT2D eigenvalue weighted by Gasteiger charge is -2.05. The Balaban J connectivity index is 1.74. The molecule has 0 fully saturated rings. The van der Waals surface area contributed by atoms with Crippen molar-refractivity contribution in [2.45, 2.75) is 19.8 Å². The fraction of sp³-hybridized carbons (Fsp3) is 0.150. The summed E-state index contributed by atoms with van der Waals surface area (Å²) in [5, 5.41) is 2.41. The summed E-state index contributed by atoms with van der Waals surface area (Å²) in [4.78, 5) is 12.2. The first-order valence-electron chi connectivity index (χ1n) is 7.26. The second kappa shape index (κ2) is 5.92. The van der Waals surface area contributed by atoms with Crippen molar-refractivity contribution in [1.29, 1.82) is 0 Å². The number of benzene rings is 3. The Morgan fingerprint density at radius 2 is 1.48 bits per heavy atom. The maximum Gasteiger partial charge on any atom is 0.141 e. The van der Waals surface area contributed by atoms with Gasteiger partial charge in [-0.3, -0.25) is 4.79 Å². The van der Waals surface area contributed by atoms with Crippen LogP contribution in [0.2, 0.25) is 0 Å². The van der Waals surface area contributed by atoms with Crippen LogP contribution in [-0.2, 0) is 17.6 Å². The van der Waals surface area contributed by atoms with Crippen molar-refractivity contribution in [2.75, 3.05) is 0 Å². The first-order chi connectivity index (χ1) is 10.2. The molecule has 0 aliphatic rings. The van der Waals surface area contributed by atoms with Gasteiger partial charge in [0, 0.05) is 12.8 Å². The van der Waals surface area contributed by atoms with E-state index in [1.165, 1.54) is 16.3 Å². The van der Waals surface area contributed by atoms with Crippen LogP contribution in [0.1, 0.15) is 16.7 Å². The lowest BCUT2D eigenvalue weighted by Crippen LogP contribution is -2.06. The molecular weight excluding hydrogens is 256 g/mol. The first-order valence-corrected chi connectivity index (χ1v) is 7.26. The van der Waals surface area contributed by atoms with Gasteiger partial charge in [0.05, 0.1) is 0 Å². The summed E-state index contributed by atoms with van der Waals surface area (Å²) in [6.07, 6.45) is 1.01. The molecule has 104 valence electrons. The molecule has 0 aliphatic carbocycles. The van der Waals surface area contributed by atoms with Crippen molar-refractivity contribution in [3.05, 3.63) is 83.4 Å². The Bertz CT molecular complexity index is 786. The van der Waals surface area contributed by atoms with Gasteiger partial charge in [-0.05, 0) is 28.8 Å². The zero-order chi connectivity index (χ0) is 14.7. The van der Waals surface area contributed by atoms with Crippen LogP contribution in [-0.4, -0.2) is 5.78 Å². The first kappa shape index (κ1) is 13.6. The SMILES string of the molecule is Cc1cccc(CC(=O)Cc2ccc3ccccc3c2)c1. The minimum atomic E-state index is 0.260. The molecule has 3 rings (SSSR count). The van der Waals surface area contributed by atoms with Crippen LogP contribution in [0.25, 0.3) is 10.8 Å². The molecule has 0 amide bonds. The summed E-state index contributed by atoms with van der Waals surface area (Å²) in [7, 11) is 0. The number of ketones is 1. The molecule has 3 aromatic carbocycles. The number of hydrogen-bond acceptors (Lipinski definition) is 1. The van der Waals surface area contributed by atoms with Crippen molar-refractivity contribution in [2.24, 2.45) is 0 Å². The number of rotatable bonds is 4. The molecule has 21 heavy (non-hydrogen) atoms. The third kappa shape index (κ3) is 3.38. The molecule has 0 unspecified atom stereocenters. The topological polar surface area (TPSA) is 17.1 Å². The normalized spacial score (nSPS) is 10.7. The Hall–Kier alpha value is -2.41. The second-order valence-corrected chi connectivity index (χ2v) is 5.56. The zero-order valence-electron chi connectivity index (χ0n) is 12.2. The van der Waals surface area contributed by atoms with Gasteiger partial charge >= 0.3 is 0 Å². The molecule has 0 aliphatic heterocycles. The summed E-state index contributed by atoms with van der Waals surface area (Å²) in [5.74, 6) is 0.260. The van der Waals surface area contributed by atoms with Gasteiger partial charge in [-0.2, -0.15) is 0 Å². The van der Waals surface area contributed by atoms with Crippen molar-refractivity contribution in [3.63, 3.8) is 0 Å². The number of fused-ring (bicyclic) bond motifs is 1. The van der Waals surface area contributed by atoms with Crippen LogP contribution in [0.5, 0.6) is 0 Å².